The Bertz CT molecular complexity index is 674. The SMILES string of the molecule is CC(=O)c1ccc(NC(=O)C(C)N2CCC(NC(=O)C3CC3)CC2)cc1. The number of amides is 2. The summed E-state index contributed by atoms with van der Waals surface area (Å²) in [6.07, 6.45) is 3.80. The molecule has 1 aliphatic heterocycles. The Morgan fingerprint density at radius 1 is 1.04 bits per heavy atom. The molecule has 140 valence electrons. The smallest absolute Gasteiger partial charge is 0.241 e. The van der Waals surface area contributed by atoms with E-state index in [0.29, 0.717) is 11.3 Å². The molecule has 3 rings (SSSR count). The molecule has 1 saturated heterocycles. The van der Waals surface area contributed by atoms with Gasteiger partial charge in [-0.3, -0.25) is 19.3 Å². The lowest BCUT2D eigenvalue weighted by Gasteiger charge is -2.35. The predicted octanol–water partition coefficient (Wildman–Crippen LogP) is 2.21. The number of ketones is 1. The molecule has 2 amide bonds. The van der Waals surface area contributed by atoms with E-state index >= 15 is 0 Å². The first-order valence-corrected chi connectivity index (χ1v) is 9.40. The fraction of sp³-hybridized carbons (Fsp3) is 0.550. The molecule has 0 radical (unpaired) electrons. The van der Waals surface area contributed by atoms with Crippen molar-refractivity contribution < 1.29 is 14.4 Å². The Hall–Kier alpha value is -2.21. The summed E-state index contributed by atoms with van der Waals surface area (Å²) in [7, 11) is 0. The van der Waals surface area contributed by atoms with Gasteiger partial charge in [-0.05, 0) is 63.8 Å². The van der Waals surface area contributed by atoms with E-state index in [-0.39, 0.29) is 35.6 Å². The minimum absolute atomic E-state index is 0.00731. The standard InChI is InChI=1S/C20H27N3O3/c1-13(19(25)21-17-7-5-15(6-8-17)14(2)24)23-11-9-18(10-12-23)22-20(26)16-3-4-16/h5-8,13,16,18H,3-4,9-12H2,1-2H3,(H,21,25)(H,22,26). The summed E-state index contributed by atoms with van der Waals surface area (Å²) < 4.78 is 0. The number of rotatable bonds is 6. The van der Waals surface area contributed by atoms with Gasteiger partial charge < -0.3 is 10.6 Å². The maximum Gasteiger partial charge on any atom is 0.241 e. The van der Waals surface area contributed by atoms with Gasteiger partial charge in [-0.25, -0.2) is 0 Å². The average molecular weight is 357 g/mol. The monoisotopic (exact) mass is 357 g/mol. The van der Waals surface area contributed by atoms with E-state index in [1.807, 2.05) is 6.92 Å². The summed E-state index contributed by atoms with van der Waals surface area (Å²) in [5.74, 6) is 0.393. The van der Waals surface area contributed by atoms with Crippen LogP contribution in [0.3, 0.4) is 0 Å². The number of nitrogens with zero attached hydrogens (tertiary/aromatic N) is 1. The molecule has 0 bridgehead atoms. The lowest BCUT2D eigenvalue weighted by molar-refractivity contribution is -0.124. The number of anilines is 1. The first kappa shape index (κ1) is 18.6. The third-order valence-corrected chi connectivity index (χ3v) is 5.31. The van der Waals surface area contributed by atoms with Crippen LogP contribution in [0.15, 0.2) is 24.3 Å². The van der Waals surface area contributed by atoms with Crippen molar-refractivity contribution in [2.75, 3.05) is 18.4 Å². The highest BCUT2D eigenvalue weighted by atomic mass is 16.2. The lowest BCUT2D eigenvalue weighted by atomic mass is 10.0. The number of likely N-dealkylation sites (tertiary alicyclic amines) is 1. The molecule has 2 aliphatic rings. The van der Waals surface area contributed by atoms with Crippen LogP contribution < -0.4 is 10.6 Å². The van der Waals surface area contributed by atoms with Gasteiger partial charge in [0.05, 0.1) is 6.04 Å². The molecule has 26 heavy (non-hydrogen) atoms. The molecule has 1 atom stereocenters. The number of hydrogen-bond acceptors (Lipinski definition) is 4. The summed E-state index contributed by atoms with van der Waals surface area (Å²) in [5.41, 5.74) is 1.32. The van der Waals surface area contributed by atoms with Crippen molar-refractivity contribution in [3.05, 3.63) is 29.8 Å². The molecule has 6 heteroatoms. The van der Waals surface area contributed by atoms with Crippen molar-refractivity contribution in [1.82, 2.24) is 10.2 Å². The van der Waals surface area contributed by atoms with Gasteiger partial charge in [0.15, 0.2) is 5.78 Å². The normalized spacial score (nSPS) is 19.6. The summed E-state index contributed by atoms with van der Waals surface area (Å²) >= 11 is 0. The van der Waals surface area contributed by atoms with Gasteiger partial charge >= 0.3 is 0 Å². The maximum absolute atomic E-state index is 12.5. The Morgan fingerprint density at radius 3 is 2.19 bits per heavy atom. The number of carbonyl (C=O) groups excluding carboxylic acids is 3. The molecule has 1 heterocycles. The van der Waals surface area contributed by atoms with E-state index in [1.165, 1.54) is 6.92 Å². The zero-order valence-electron chi connectivity index (χ0n) is 15.5. The Balaban J connectivity index is 1.46. The molecule has 0 aromatic heterocycles. The summed E-state index contributed by atoms with van der Waals surface area (Å²) in [6.45, 7) is 5.02. The van der Waals surface area contributed by atoms with Gasteiger partial charge in [-0.15, -0.1) is 0 Å². The molecule has 1 aliphatic carbocycles. The van der Waals surface area contributed by atoms with E-state index in [2.05, 4.69) is 15.5 Å². The minimum Gasteiger partial charge on any atom is -0.353 e. The number of Topliss-reactive ketones (excluding diaryl/α,β-unsaturated/α-hetero) is 1. The van der Waals surface area contributed by atoms with Crippen LogP contribution in [-0.4, -0.2) is 47.7 Å². The van der Waals surface area contributed by atoms with Crippen molar-refractivity contribution in [2.45, 2.75) is 51.6 Å². The zero-order chi connectivity index (χ0) is 18.7. The summed E-state index contributed by atoms with van der Waals surface area (Å²) in [4.78, 5) is 37.8. The van der Waals surface area contributed by atoms with E-state index < -0.39 is 0 Å². The van der Waals surface area contributed by atoms with Crippen LogP contribution >= 0.6 is 0 Å². The highest BCUT2D eigenvalue weighted by molar-refractivity contribution is 5.97. The average Bonchev–Trinajstić information content (AvgIpc) is 3.47. The first-order valence-electron chi connectivity index (χ1n) is 9.40. The molecular weight excluding hydrogens is 330 g/mol. The van der Waals surface area contributed by atoms with E-state index in [4.69, 9.17) is 0 Å². The lowest BCUT2D eigenvalue weighted by Crippen LogP contribution is -2.50. The van der Waals surface area contributed by atoms with Gasteiger partial charge in [-0.1, -0.05) is 0 Å². The summed E-state index contributed by atoms with van der Waals surface area (Å²) in [5, 5.41) is 6.04. The van der Waals surface area contributed by atoms with Crippen molar-refractivity contribution in [3.63, 3.8) is 0 Å². The second-order valence-corrected chi connectivity index (χ2v) is 7.39. The second-order valence-electron chi connectivity index (χ2n) is 7.39. The van der Waals surface area contributed by atoms with Crippen LogP contribution in [-0.2, 0) is 9.59 Å². The highest BCUT2D eigenvalue weighted by Crippen LogP contribution is 2.29. The van der Waals surface area contributed by atoms with Crippen LogP contribution in [0, 0.1) is 5.92 Å². The van der Waals surface area contributed by atoms with Crippen molar-refractivity contribution in [1.29, 1.82) is 0 Å². The third kappa shape index (κ3) is 4.69. The Labute approximate surface area is 154 Å². The molecule has 6 nitrogen and oxygen atoms in total. The molecule has 1 unspecified atom stereocenters. The van der Waals surface area contributed by atoms with Crippen LogP contribution in [0.5, 0.6) is 0 Å². The summed E-state index contributed by atoms with van der Waals surface area (Å²) in [6, 6.07) is 6.94. The maximum atomic E-state index is 12.5. The molecule has 1 saturated carbocycles. The van der Waals surface area contributed by atoms with Gasteiger partial charge in [0, 0.05) is 36.3 Å². The van der Waals surface area contributed by atoms with Crippen LogP contribution in [0.4, 0.5) is 5.69 Å². The number of hydrogen-bond donors (Lipinski definition) is 2. The van der Waals surface area contributed by atoms with Crippen molar-refractivity contribution in [2.24, 2.45) is 5.92 Å². The van der Waals surface area contributed by atoms with Crippen LogP contribution in [0.2, 0.25) is 0 Å². The van der Waals surface area contributed by atoms with Crippen LogP contribution in [0.25, 0.3) is 0 Å². The van der Waals surface area contributed by atoms with Crippen molar-refractivity contribution in [3.8, 4) is 0 Å². The van der Waals surface area contributed by atoms with Gasteiger partial charge in [-0.2, -0.15) is 0 Å². The van der Waals surface area contributed by atoms with E-state index in [0.717, 1.165) is 38.8 Å². The third-order valence-electron chi connectivity index (χ3n) is 5.31. The fourth-order valence-corrected chi connectivity index (χ4v) is 3.30. The topological polar surface area (TPSA) is 78.5 Å². The van der Waals surface area contributed by atoms with E-state index in [1.54, 1.807) is 24.3 Å². The number of benzene rings is 1. The number of piperidine rings is 1. The molecular formula is C20H27N3O3. The number of carbonyl (C=O) groups is 3. The molecule has 0 spiro atoms. The fourth-order valence-electron chi connectivity index (χ4n) is 3.30. The molecule has 2 fully saturated rings. The zero-order valence-corrected chi connectivity index (χ0v) is 15.5. The second kappa shape index (κ2) is 7.99. The van der Waals surface area contributed by atoms with Crippen LogP contribution in [0.1, 0.15) is 49.9 Å². The quantitative estimate of drug-likeness (QED) is 0.765. The minimum atomic E-state index is -0.234. The molecule has 1 aromatic rings. The largest absolute Gasteiger partial charge is 0.353 e. The highest BCUT2D eigenvalue weighted by Gasteiger charge is 2.32. The van der Waals surface area contributed by atoms with Crippen molar-refractivity contribution >= 4 is 23.3 Å². The number of nitrogens with one attached hydrogen (secondary N) is 2. The molecule has 2 N–H and O–H groups in total. The first-order chi connectivity index (χ1) is 12.4. The van der Waals surface area contributed by atoms with Gasteiger partial charge in [0.1, 0.15) is 0 Å². The Morgan fingerprint density at radius 2 is 1.65 bits per heavy atom. The predicted molar refractivity (Wildman–Crippen MR) is 100.0 cm³/mol. The molecule has 1 aromatic carbocycles. The van der Waals surface area contributed by atoms with Gasteiger partial charge in [0.25, 0.3) is 0 Å². The van der Waals surface area contributed by atoms with Gasteiger partial charge in [0.2, 0.25) is 11.8 Å². The van der Waals surface area contributed by atoms with E-state index in [9.17, 15) is 14.4 Å². The Kier molecular flexibility index (Phi) is 5.71.